The molecule has 0 bridgehead atoms. The molecule has 3 aromatic rings. The number of rotatable bonds is 3. The molecule has 0 aliphatic rings. The Labute approximate surface area is 115 Å². The van der Waals surface area contributed by atoms with Gasteiger partial charge in [0.2, 0.25) is 0 Å². The third-order valence-electron chi connectivity index (χ3n) is 2.87. The zero-order valence-corrected chi connectivity index (χ0v) is 11.5. The van der Waals surface area contributed by atoms with Gasteiger partial charge in [-0.1, -0.05) is 12.1 Å². The van der Waals surface area contributed by atoms with Crippen molar-refractivity contribution < 1.29 is 4.74 Å². The molecule has 0 fully saturated rings. The number of hydrogen-bond acceptors (Lipinski definition) is 5. The zero-order valence-electron chi connectivity index (χ0n) is 10.7. The number of benzene rings is 1. The van der Waals surface area contributed by atoms with Gasteiger partial charge >= 0.3 is 0 Å². The Morgan fingerprint density at radius 2 is 2.05 bits per heavy atom. The minimum atomic E-state index is 0.719. The van der Waals surface area contributed by atoms with Crippen LogP contribution in [0.5, 0.6) is 5.75 Å². The van der Waals surface area contributed by atoms with Crippen molar-refractivity contribution in [1.82, 2.24) is 9.97 Å². The number of thiophene rings is 1. The summed E-state index contributed by atoms with van der Waals surface area (Å²) in [6.07, 6.45) is 0. The third-order valence-corrected chi connectivity index (χ3v) is 3.78. The van der Waals surface area contributed by atoms with Crippen molar-refractivity contribution in [3.05, 3.63) is 35.7 Å². The van der Waals surface area contributed by atoms with Crippen LogP contribution in [-0.4, -0.2) is 24.1 Å². The summed E-state index contributed by atoms with van der Waals surface area (Å²) in [5, 5.41) is 6.10. The first-order valence-electron chi connectivity index (χ1n) is 5.89. The Morgan fingerprint density at radius 3 is 2.79 bits per heavy atom. The molecule has 2 aromatic heterocycles. The lowest BCUT2D eigenvalue weighted by molar-refractivity contribution is 0.417. The van der Waals surface area contributed by atoms with Crippen LogP contribution in [-0.2, 0) is 0 Å². The average Bonchev–Trinajstić information content (AvgIpc) is 2.95. The fraction of sp³-hybridized carbons (Fsp3) is 0.143. The molecule has 19 heavy (non-hydrogen) atoms. The molecule has 0 saturated heterocycles. The van der Waals surface area contributed by atoms with Crippen molar-refractivity contribution >= 4 is 28.1 Å². The Bertz CT molecular complexity index is 724. The van der Waals surface area contributed by atoms with Crippen molar-refractivity contribution in [2.24, 2.45) is 0 Å². The first-order chi connectivity index (χ1) is 9.31. The van der Waals surface area contributed by atoms with Crippen LogP contribution in [0.4, 0.5) is 5.82 Å². The summed E-state index contributed by atoms with van der Waals surface area (Å²) in [5.41, 5.74) is 0.934. The molecule has 2 heterocycles. The number of ether oxygens (including phenoxy) is 1. The quantitative estimate of drug-likeness (QED) is 0.793. The second kappa shape index (κ2) is 4.85. The number of nitrogens with one attached hydrogen (secondary N) is 1. The topological polar surface area (TPSA) is 47.0 Å². The smallest absolute Gasteiger partial charge is 0.172 e. The minimum absolute atomic E-state index is 0.719. The fourth-order valence-electron chi connectivity index (χ4n) is 1.92. The molecule has 3 rings (SSSR count). The van der Waals surface area contributed by atoms with Crippen LogP contribution in [0.2, 0.25) is 0 Å². The molecule has 96 valence electrons. The van der Waals surface area contributed by atoms with E-state index in [9.17, 15) is 0 Å². The third kappa shape index (κ3) is 2.13. The van der Waals surface area contributed by atoms with Gasteiger partial charge in [0, 0.05) is 23.9 Å². The molecule has 0 aliphatic carbocycles. The zero-order chi connectivity index (χ0) is 13.2. The van der Waals surface area contributed by atoms with Gasteiger partial charge in [0.1, 0.15) is 11.6 Å². The number of methoxy groups -OCH3 is 1. The number of nitrogens with zero attached hydrogens (tertiary/aromatic N) is 2. The molecule has 0 unspecified atom stereocenters. The van der Waals surface area contributed by atoms with Crippen molar-refractivity contribution in [1.29, 1.82) is 0 Å². The Morgan fingerprint density at radius 1 is 1.21 bits per heavy atom. The first-order valence-corrected chi connectivity index (χ1v) is 6.77. The van der Waals surface area contributed by atoms with E-state index in [1.165, 1.54) is 0 Å². The van der Waals surface area contributed by atoms with E-state index in [4.69, 9.17) is 4.74 Å². The van der Waals surface area contributed by atoms with Gasteiger partial charge in [0.15, 0.2) is 5.82 Å². The maximum Gasteiger partial charge on any atom is 0.172 e. The Hall–Kier alpha value is -2.14. The number of para-hydroxylation sites is 1. The molecule has 5 heteroatoms. The normalized spacial score (nSPS) is 10.6. The molecule has 0 aliphatic heterocycles. The summed E-state index contributed by atoms with van der Waals surface area (Å²) in [4.78, 5) is 10.2. The van der Waals surface area contributed by atoms with Crippen LogP contribution < -0.4 is 10.1 Å². The van der Waals surface area contributed by atoms with Crippen LogP contribution in [0.15, 0.2) is 35.7 Å². The van der Waals surface area contributed by atoms with E-state index in [-0.39, 0.29) is 0 Å². The van der Waals surface area contributed by atoms with Crippen molar-refractivity contribution in [2.75, 3.05) is 19.5 Å². The van der Waals surface area contributed by atoms with Gasteiger partial charge in [-0.2, -0.15) is 0 Å². The largest absolute Gasteiger partial charge is 0.496 e. The predicted octanol–water partition coefficient (Wildman–Crippen LogP) is 3.41. The van der Waals surface area contributed by atoms with Crippen molar-refractivity contribution in [3.63, 3.8) is 0 Å². The van der Waals surface area contributed by atoms with Gasteiger partial charge in [-0.3, -0.25) is 0 Å². The molecule has 4 nitrogen and oxygen atoms in total. The molecule has 0 atom stereocenters. The van der Waals surface area contributed by atoms with Crippen LogP contribution in [0.3, 0.4) is 0 Å². The van der Waals surface area contributed by atoms with Crippen molar-refractivity contribution in [3.8, 4) is 16.5 Å². The second-order valence-electron chi connectivity index (χ2n) is 4.01. The lowest BCUT2D eigenvalue weighted by atomic mass is 10.2. The highest BCUT2D eigenvalue weighted by atomic mass is 32.1. The summed E-state index contributed by atoms with van der Waals surface area (Å²) in [5.74, 6) is 2.40. The highest BCUT2D eigenvalue weighted by molar-refractivity contribution is 7.13. The average molecular weight is 271 g/mol. The van der Waals surface area contributed by atoms with Crippen LogP contribution >= 0.6 is 11.3 Å². The lowest BCUT2D eigenvalue weighted by Crippen LogP contribution is -1.97. The van der Waals surface area contributed by atoms with Gasteiger partial charge in [-0.25, -0.2) is 9.97 Å². The van der Waals surface area contributed by atoms with Gasteiger partial charge in [0.05, 0.1) is 17.5 Å². The number of hydrogen-bond donors (Lipinski definition) is 1. The number of fused-ring (bicyclic) bond motifs is 1. The van der Waals surface area contributed by atoms with Gasteiger partial charge in [-0.05, 0) is 12.1 Å². The van der Waals surface area contributed by atoms with E-state index >= 15 is 0 Å². The van der Waals surface area contributed by atoms with Gasteiger partial charge < -0.3 is 10.1 Å². The maximum atomic E-state index is 5.20. The molecule has 0 saturated carbocycles. The predicted molar refractivity (Wildman–Crippen MR) is 78.9 cm³/mol. The van der Waals surface area contributed by atoms with Gasteiger partial charge in [-0.15, -0.1) is 11.3 Å². The summed E-state index contributed by atoms with van der Waals surface area (Å²) < 4.78 is 5.20. The summed E-state index contributed by atoms with van der Waals surface area (Å²) in [6.45, 7) is 0. The minimum Gasteiger partial charge on any atom is -0.496 e. The molecule has 1 N–H and O–H groups in total. The summed E-state index contributed by atoms with van der Waals surface area (Å²) in [7, 11) is 3.53. The standard InChI is InChI=1S/C14H13N3OS/c1-15-13-10-5-3-4-6-11(10)16-14(17-13)12-7-9(18-2)8-19-12/h3-8H,1-2H3,(H,15,16,17). The maximum absolute atomic E-state index is 5.20. The lowest BCUT2D eigenvalue weighted by Gasteiger charge is -2.06. The highest BCUT2D eigenvalue weighted by Gasteiger charge is 2.10. The van der Waals surface area contributed by atoms with E-state index in [1.807, 2.05) is 42.8 Å². The molecule has 0 spiro atoms. The molecular formula is C14H13N3OS. The number of aromatic nitrogens is 2. The molecule has 0 amide bonds. The Balaban J connectivity index is 2.18. The molecule has 0 radical (unpaired) electrons. The highest BCUT2D eigenvalue weighted by Crippen LogP contribution is 2.31. The van der Waals surface area contributed by atoms with Crippen molar-refractivity contribution in [2.45, 2.75) is 0 Å². The Kier molecular flexibility index (Phi) is 3.05. The summed E-state index contributed by atoms with van der Waals surface area (Å²) >= 11 is 1.58. The van der Waals surface area contributed by atoms with Crippen LogP contribution in [0.25, 0.3) is 21.6 Å². The SMILES string of the molecule is CNc1nc(-c2cc(OC)cs2)nc2ccccc12. The van der Waals surface area contributed by atoms with E-state index in [0.29, 0.717) is 0 Å². The van der Waals surface area contributed by atoms with Crippen LogP contribution in [0.1, 0.15) is 0 Å². The number of anilines is 1. The second-order valence-corrected chi connectivity index (χ2v) is 4.92. The molecular weight excluding hydrogens is 258 g/mol. The van der Waals surface area contributed by atoms with E-state index in [1.54, 1.807) is 18.4 Å². The van der Waals surface area contributed by atoms with Crippen LogP contribution in [0, 0.1) is 0 Å². The first kappa shape index (κ1) is 11.9. The van der Waals surface area contributed by atoms with E-state index < -0.39 is 0 Å². The van der Waals surface area contributed by atoms with Gasteiger partial charge in [0.25, 0.3) is 0 Å². The fourth-order valence-corrected chi connectivity index (χ4v) is 2.71. The molecule has 1 aromatic carbocycles. The summed E-state index contributed by atoms with van der Waals surface area (Å²) in [6, 6.07) is 9.92. The van der Waals surface area contributed by atoms with E-state index in [0.717, 1.165) is 33.2 Å². The monoisotopic (exact) mass is 271 g/mol. The van der Waals surface area contributed by atoms with E-state index in [2.05, 4.69) is 15.3 Å².